The fourth-order valence-corrected chi connectivity index (χ4v) is 2.09. The lowest BCUT2D eigenvalue weighted by molar-refractivity contribution is 0.306. The van der Waals surface area contributed by atoms with Gasteiger partial charge >= 0.3 is 0 Å². The first-order valence-corrected chi connectivity index (χ1v) is 7.30. The second-order valence-corrected chi connectivity index (χ2v) is 5.54. The van der Waals surface area contributed by atoms with Crippen molar-refractivity contribution in [2.45, 2.75) is 11.5 Å². The van der Waals surface area contributed by atoms with Crippen LogP contribution in [0.3, 0.4) is 0 Å². The summed E-state index contributed by atoms with van der Waals surface area (Å²) in [6.07, 6.45) is 1.76. The van der Waals surface area contributed by atoms with E-state index in [0.29, 0.717) is 12.4 Å². The van der Waals surface area contributed by atoms with Crippen LogP contribution in [0.15, 0.2) is 60.0 Å². The van der Waals surface area contributed by atoms with Crippen molar-refractivity contribution in [3.8, 4) is 5.75 Å². The summed E-state index contributed by atoms with van der Waals surface area (Å²) in [5.74, 6) is 0.505. The molecular weight excluding hydrogens is 276 g/mol. The highest BCUT2D eigenvalue weighted by molar-refractivity contribution is 7.85. The summed E-state index contributed by atoms with van der Waals surface area (Å²) in [6.45, 7) is 4.04. The number of ether oxygens (including phenoxy) is 1. The average molecular weight is 289 g/mol. The van der Waals surface area contributed by atoms with E-state index in [9.17, 15) is 13.0 Å². The third-order valence-electron chi connectivity index (χ3n) is 2.73. The van der Waals surface area contributed by atoms with Gasteiger partial charge in [0.15, 0.2) is 0 Å². The van der Waals surface area contributed by atoms with Crippen LogP contribution in [-0.4, -0.2) is 13.0 Å². The molecule has 0 aromatic heterocycles. The minimum absolute atomic E-state index is 0.264. The molecule has 0 bridgehead atoms. The first-order valence-electron chi connectivity index (χ1n) is 5.89. The van der Waals surface area contributed by atoms with Crippen molar-refractivity contribution < 1.29 is 17.7 Å². The van der Waals surface area contributed by atoms with Gasteiger partial charge in [-0.1, -0.05) is 36.9 Å². The van der Waals surface area contributed by atoms with Crippen LogP contribution in [0, 0.1) is 0 Å². The van der Waals surface area contributed by atoms with Crippen LogP contribution in [0.4, 0.5) is 0 Å². The van der Waals surface area contributed by atoms with E-state index < -0.39 is 10.1 Å². The Balaban J connectivity index is 2.01. The smallest absolute Gasteiger partial charge is 0.124 e. The fraction of sp³-hybridized carbons (Fsp3) is 0.0667. The molecule has 4 nitrogen and oxygen atoms in total. The molecule has 0 saturated carbocycles. The van der Waals surface area contributed by atoms with Crippen molar-refractivity contribution in [2.24, 2.45) is 0 Å². The normalized spacial score (nSPS) is 11.1. The van der Waals surface area contributed by atoms with E-state index in [2.05, 4.69) is 6.58 Å². The lowest BCUT2D eigenvalue weighted by Gasteiger charge is -2.09. The molecule has 0 N–H and O–H groups in total. The highest BCUT2D eigenvalue weighted by atomic mass is 32.2. The molecule has 0 aliphatic carbocycles. The monoisotopic (exact) mass is 289 g/mol. The molecule has 20 heavy (non-hydrogen) atoms. The third kappa shape index (κ3) is 3.69. The summed E-state index contributed by atoms with van der Waals surface area (Å²) < 4.78 is 37.8. The predicted octanol–water partition coefficient (Wildman–Crippen LogP) is 2.81. The topological polar surface area (TPSA) is 66.4 Å². The Morgan fingerprint density at radius 3 is 2.15 bits per heavy atom. The minimum atomic E-state index is -4.41. The summed E-state index contributed by atoms with van der Waals surface area (Å²) in [5, 5.41) is 0. The van der Waals surface area contributed by atoms with Gasteiger partial charge in [0.2, 0.25) is 0 Å². The lowest BCUT2D eigenvalue weighted by Crippen LogP contribution is -1.99. The molecule has 0 radical (unpaired) electrons. The van der Waals surface area contributed by atoms with E-state index in [1.807, 2.05) is 24.3 Å². The molecule has 5 heteroatoms. The third-order valence-corrected chi connectivity index (χ3v) is 3.58. The fourth-order valence-electron chi connectivity index (χ4n) is 1.62. The Morgan fingerprint density at radius 1 is 1.05 bits per heavy atom. The maximum Gasteiger partial charge on any atom is 0.124 e. The summed E-state index contributed by atoms with van der Waals surface area (Å²) in [5.41, 5.74) is 2.01. The van der Waals surface area contributed by atoms with Crippen LogP contribution in [0.25, 0.3) is 6.08 Å². The van der Waals surface area contributed by atoms with Crippen molar-refractivity contribution in [2.75, 3.05) is 0 Å². The van der Waals surface area contributed by atoms with Gasteiger partial charge in [-0.15, -0.1) is 0 Å². The zero-order chi connectivity index (χ0) is 14.6. The molecule has 0 spiro atoms. The van der Waals surface area contributed by atoms with Crippen LogP contribution in [-0.2, 0) is 16.7 Å². The maximum atomic E-state index is 10.8. The highest BCUT2D eigenvalue weighted by Crippen LogP contribution is 2.17. The molecule has 2 rings (SSSR count). The van der Waals surface area contributed by atoms with Crippen molar-refractivity contribution in [1.29, 1.82) is 0 Å². The Hall–Kier alpha value is -2.11. The van der Waals surface area contributed by atoms with E-state index in [4.69, 9.17) is 4.74 Å². The van der Waals surface area contributed by atoms with Crippen LogP contribution < -0.4 is 4.74 Å². The summed E-state index contributed by atoms with van der Waals surface area (Å²) in [4.78, 5) is -0.264. The lowest BCUT2D eigenvalue weighted by atomic mass is 10.1. The quantitative estimate of drug-likeness (QED) is 0.794. The molecule has 0 unspecified atom stereocenters. The molecule has 104 valence electrons. The van der Waals surface area contributed by atoms with Gasteiger partial charge < -0.3 is 9.29 Å². The molecule has 0 saturated heterocycles. The molecule has 0 aliphatic rings. The first-order chi connectivity index (χ1) is 9.49. The summed E-state index contributed by atoms with van der Waals surface area (Å²) >= 11 is 0. The molecular formula is C15H13O4S-. The SMILES string of the molecule is C=Cc1ccc(COc2ccc(S(=O)(=O)[O-])cc2)cc1. The van der Waals surface area contributed by atoms with E-state index in [1.165, 1.54) is 24.3 Å². The van der Waals surface area contributed by atoms with Gasteiger partial charge in [-0.2, -0.15) is 0 Å². The molecule has 0 aliphatic heterocycles. The number of rotatable bonds is 5. The van der Waals surface area contributed by atoms with Crippen molar-refractivity contribution in [3.63, 3.8) is 0 Å². The predicted molar refractivity (Wildman–Crippen MR) is 75.3 cm³/mol. The van der Waals surface area contributed by atoms with Crippen LogP contribution in [0.1, 0.15) is 11.1 Å². The van der Waals surface area contributed by atoms with Gasteiger partial charge in [-0.3, -0.25) is 0 Å². The zero-order valence-corrected chi connectivity index (χ0v) is 11.5. The maximum absolute atomic E-state index is 10.8. The second kappa shape index (κ2) is 5.90. The molecule has 2 aromatic carbocycles. The Bertz CT molecular complexity index is 686. The molecule has 0 atom stereocenters. The Labute approximate surface area is 118 Å². The molecule has 2 aromatic rings. The first kappa shape index (κ1) is 14.3. The van der Waals surface area contributed by atoms with E-state index in [1.54, 1.807) is 6.08 Å². The Morgan fingerprint density at radius 2 is 1.65 bits per heavy atom. The van der Waals surface area contributed by atoms with Crippen LogP contribution >= 0.6 is 0 Å². The van der Waals surface area contributed by atoms with Crippen molar-refractivity contribution >= 4 is 16.2 Å². The number of benzene rings is 2. The minimum Gasteiger partial charge on any atom is -0.744 e. The van der Waals surface area contributed by atoms with E-state index in [0.717, 1.165) is 11.1 Å². The van der Waals surface area contributed by atoms with Gasteiger partial charge in [0.05, 0.1) is 4.90 Å². The van der Waals surface area contributed by atoms with Gasteiger partial charge in [-0.05, 0) is 35.4 Å². The number of hydrogen-bond donors (Lipinski definition) is 0. The zero-order valence-electron chi connectivity index (χ0n) is 10.7. The average Bonchev–Trinajstić information content (AvgIpc) is 2.45. The molecule has 0 fully saturated rings. The van der Waals surface area contributed by atoms with Gasteiger partial charge in [-0.25, -0.2) is 8.42 Å². The van der Waals surface area contributed by atoms with E-state index >= 15 is 0 Å². The van der Waals surface area contributed by atoms with Gasteiger partial charge in [0, 0.05) is 0 Å². The van der Waals surface area contributed by atoms with Crippen LogP contribution in [0.2, 0.25) is 0 Å². The molecule has 0 amide bonds. The van der Waals surface area contributed by atoms with Crippen LogP contribution in [0.5, 0.6) is 5.75 Å². The van der Waals surface area contributed by atoms with Gasteiger partial charge in [0.25, 0.3) is 0 Å². The van der Waals surface area contributed by atoms with Crippen molar-refractivity contribution in [3.05, 3.63) is 66.2 Å². The summed E-state index contributed by atoms with van der Waals surface area (Å²) in [7, 11) is -4.41. The van der Waals surface area contributed by atoms with Gasteiger partial charge in [0.1, 0.15) is 22.5 Å². The number of hydrogen-bond acceptors (Lipinski definition) is 4. The second-order valence-electron chi connectivity index (χ2n) is 4.16. The standard InChI is InChI=1S/C15H14O4S/c1-2-12-3-5-13(6-4-12)11-19-14-7-9-15(10-8-14)20(16,17)18/h2-10H,1,11H2,(H,16,17,18)/p-1. The molecule has 0 heterocycles. The van der Waals surface area contributed by atoms with Crippen molar-refractivity contribution in [1.82, 2.24) is 0 Å². The largest absolute Gasteiger partial charge is 0.744 e. The summed E-state index contributed by atoms with van der Waals surface area (Å²) in [6, 6.07) is 13.1. The Kier molecular flexibility index (Phi) is 4.22. The van der Waals surface area contributed by atoms with E-state index in [-0.39, 0.29) is 4.90 Å². The highest BCUT2D eigenvalue weighted by Gasteiger charge is 2.01.